The van der Waals surface area contributed by atoms with Crippen LogP contribution in [0.2, 0.25) is 0 Å². The van der Waals surface area contributed by atoms with Gasteiger partial charge in [-0.2, -0.15) is 5.26 Å². The first-order valence-corrected chi connectivity index (χ1v) is 5.71. The monoisotopic (exact) mass is 218 g/mol. The van der Waals surface area contributed by atoms with Crippen molar-refractivity contribution in [2.75, 3.05) is 0 Å². The maximum atomic E-state index is 8.94. The highest BCUT2D eigenvalue weighted by Crippen LogP contribution is 2.37. The second-order valence-corrected chi connectivity index (χ2v) is 4.78. The summed E-state index contributed by atoms with van der Waals surface area (Å²) in [6.45, 7) is 4.42. The third-order valence-electron chi connectivity index (χ3n) is 3.28. The van der Waals surface area contributed by atoms with Crippen LogP contribution in [0.25, 0.3) is 0 Å². The lowest BCUT2D eigenvalue weighted by molar-refractivity contribution is 0.514. The van der Waals surface area contributed by atoms with Gasteiger partial charge in [0.15, 0.2) is 0 Å². The molecule has 2 atom stereocenters. The van der Waals surface area contributed by atoms with Gasteiger partial charge in [0, 0.05) is 5.69 Å². The van der Waals surface area contributed by atoms with E-state index in [-0.39, 0.29) is 0 Å². The Labute approximate surface area is 95.0 Å². The van der Waals surface area contributed by atoms with Gasteiger partial charge < -0.3 is 4.98 Å². The van der Waals surface area contributed by atoms with Gasteiger partial charge in [-0.25, -0.2) is 0 Å². The first kappa shape index (κ1) is 10.4. The molecule has 78 valence electrons. The van der Waals surface area contributed by atoms with Crippen LogP contribution in [0.4, 0.5) is 0 Å². The van der Waals surface area contributed by atoms with Crippen LogP contribution in [0, 0.1) is 16.0 Å². The summed E-state index contributed by atoms with van der Waals surface area (Å²) in [5.74, 6) is 1.07. The highest BCUT2D eigenvalue weighted by Gasteiger charge is 2.23. The molecule has 0 fully saturated rings. The highest BCUT2D eigenvalue weighted by molar-refractivity contribution is 7.71. The molecule has 1 aromatic rings. The number of nitrogens with one attached hydrogen (secondary N) is 1. The third kappa shape index (κ3) is 1.70. The number of nitriles is 1. The van der Waals surface area contributed by atoms with Gasteiger partial charge in [-0.1, -0.05) is 26.1 Å². The average Bonchev–Trinajstić information content (AvgIpc) is 2.23. The predicted octanol–water partition coefficient (Wildman–Crippen LogP) is 3.62. The maximum absolute atomic E-state index is 8.94. The van der Waals surface area contributed by atoms with Gasteiger partial charge in [0.1, 0.15) is 10.7 Å². The SMILES string of the molecule is CC1CCC(C)c2[nH]c(=S)c(C#N)cc21. The molecule has 0 saturated carbocycles. The molecule has 0 aliphatic heterocycles. The van der Waals surface area contributed by atoms with E-state index in [0.29, 0.717) is 22.0 Å². The van der Waals surface area contributed by atoms with Gasteiger partial charge >= 0.3 is 0 Å². The summed E-state index contributed by atoms with van der Waals surface area (Å²) in [5.41, 5.74) is 3.11. The van der Waals surface area contributed by atoms with Gasteiger partial charge in [-0.15, -0.1) is 0 Å². The van der Waals surface area contributed by atoms with Crippen molar-refractivity contribution in [3.8, 4) is 6.07 Å². The van der Waals surface area contributed by atoms with E-state index in [4.69, 9.17) is 17.5 Å². The highest BCUT2D eigenvalue weighted by atomic mass is 32.1. The molecule has 2 unspecified atom stereocenters. The van der Waals surface area contributed by atoms with Crippen LogP contribution in [0.1, 0.15) is 55.3 Å². The van der Waals surface area contributed by atoms with E-state index in [1.165, 1.54) is 24.1 Å². The Morgan fingerprint density at radius 2 is 2.07 bits per heavy atom. The van der Waals surface area contributed by atoms with Crippen molar-refractivity contribution in [3.63, 3.8) is 0 Å². The zero-order valence-electron chi connectivity index (χ0n) is 9.00. The number of fused-ring (bicyclic) bond motifs is 1. The fourth-order valence-electron chi connectivity index (χ4n) is 2.26. The fourth-order valence-corrected chi connectivity index (χ4v) is 2.47. The Hall–Kier alpha value is -1.14. The first-order chi connectivity index (χ1) is 7.13. The molecule has 0 spiro atoms. The number of hydrogen-bond acceptors (Lipinski definition) is 2. The minimum Gasteiger partial charge on any atom is -0.348 e. The van der Waals surface area contributed by atoms with Crippen molar-refractivity contribution in [1.82, 2.24) is 4.98 Å². The summed E-state index contributed by atoms with van der Waals surface area (Å²) in [5, 5.41) is 8.94. The zero-order chi connectivity index (χ0) is 11.0. The molecule has 0 radical (unpaired) electrons. The Kier molecular flexibility index (Phi) is 2.62. The van der Waals surface area contributed by atoms with Crippen molar-refractivity contribution in [2.45, 2.75) is 38.5 Å². The number of aromatic nitrogens is 1. The summed E-state index contributed by atoms with van der Waals surface area (Å²) in [4.78, 5) is 3.22. The Balaban J connectivity index is 2.65. The summed E-state index contributed by atoms with van der Waals surface area (Å²) >= 11 is 5.15. The van der Waals surface area contributed by atoms with Crippen LogP contribution >= 0.6 is 12.2 Å². The summed E-state index contributed by atoms with van der Waals surface area (Å²) in [6, 6.07) is 4.11. The molecule has 0 bridgehead atoms. The van der Waals surface area contributed by atoms with E-state index in [9.17, 15) is 0 Å². The predicted molar refractivity (Wildman–Crippen MR) is 62.4 cm³/mol. The summed E-state index contributed by atoms with van der Waals surface area (Å²) in [6.07, 6.45) is 2.40. The Morgan fingerprint density at radius 3 is 2.73 bits per heavy atom. The first-order valence-electron chi connectivity index (χ1n) is 5.30. The van der Waals surface area contributed by atoms with Crippen LogP contribution < -0.4 is 0 Å². The minimum atomic E-state index is 0.533. The summed E-state index contributed by atoms with van der Waals surface area (Å²) < 4.78 is 0.581. The quantitative estimate of drug-likeness (QED) is 0.675. The molecule has 1 heterocycles. The smallest absolute Gasteiger partial charge is 0.121 e. The molecule has 1 aliphatic rings. The normalized spacial score (nSPS) is 24.3. The molecule has 2 rings (SSSR count). The maximum Gasteiger partial charge on any atom is 0.121 e. The number of H-pyrrole nitrogens is 1. The van der Waals surface area contributed by atoms with Gasteiger partial charge in [0.05, 0.1) is 5.56 Å². The van der Waals surface area contributed by atoms with Crippen LogP contribution in [0.15, 0.2) is 6.07 Å². The third-order valence-corrected chi connectivity index (χ3v) is 3.60. The topological polar surface area (TPSA) is 39.6 Å². The van der Waals surface area contributed by atoms with Crippen molar-refractivity contribution in [3.05, 3.63) is 27.5 Å². The molecule has 1 N–H and O–H groups in total. The molecule has 3 heteroatoms. The average molecular weight is 218 g/mol. The van der Waals surface area contributed by atoms with Crippen molar-refractivity contribution >= 4 is 12.2 Å². The van der Waals surface area contributed by atoms with Crippen LogP contribution in [-0.2, 0) is 0 Å². The number of pyridine rings is 1. The molecular weight excluding hydrogens is 204 g/mol. The fraction of sp³-hybridized carbons (Fsp3) is 0.500. The number of nitrogens with zero attached hydrogens (tertiary/aromatic N) is 1. The van der Waals surface area contributed by atoms with Gasteiger partial charge in [-0.05, 0) is 36.3 Å². The Bertz CT molecular complexity index is 481. The van der Waals surface area contributed by atoms with Crippen molar-refractivity contribution in [2.24, 2.45) is 0 Å². The number of rotatable bonds is 0. The lowest BCUT2D eigenvalue weighted by Crippen LogP contribution is -2.13. The van der Waals surface area contributed by atoms with Gasteiger partial charge in [0.2, 0.25) is 0 Å². The molecule has 1 aliphatic carbocycles. The summed E-state index contributed by atoms with van der Waals surface area (Å²) in [7, 11) is 0. The molecule has 2 nitrogen and oxygen atoms in total. The van der Waals surface area contributed by atoms with Crippen molar-refractivity contribution in [1.29, 1.82) is 5.26 Å². The number of hydrogen-bond donors (Lipinski definition) is 1. The number of aromatic amines is 1. The van der Waals surface area contributed by atoms with Crippen LogP contribution in [0.3, 0.4) is 0 Å². The molecule has 0 saturated heterocycles. The van der Waals surface area contributed by atoms with E-state index < -0.39 is 0 Å². The van der Waals surface area contributed by atoms with Gasteiger partial charge in [0.25, 0.3) is 0 Å². The van der Waals surface area contributed by atoms with Crippen LogP contribution in [0.5, 0.6) is 0 Å². The van der Waals surface area contributed by atoms with E-state index in [2.05, 4.69) is 24.9 Å². The van der Waals surface area contributed by atoms with Gasteiger partial charge in [-0.3, -0.25) is 0 Å². The second-order valence-electron chi connectivity index (χ2n) is 4.37. The van der Waals surface area contributed by atoms with E-state index in [1.54, 1.807) is 0 Å². The lowest BCUT2D eigenvalue weighted by Gasteiger charge is -2.27. The molecule has 0 amide bonds. The minimum absolute atomic E-state index is 0.533. The lowest BCUT2D eigenvalue weighted by atomic mass is 9.81. The molecule has 15 heavy (non-hydrogen) atoms. The molecule has 0 aromatic carbocycles. The van der Waals surface area contributed by atoms with Crippen LogP contribution in [-0.4, -0.2) is 4.98 Å². The second kappa shape index (κ2) is 3.79. The van der Waals surface area contributed by atoms with E-state index >= 15 is 0 Å². The van der Waals surface area contributed by atoms with Crippen molar-refractivity contribution < 1.29 is 0 Å². The van der Waals surface area contributed by atoms with E-state index in [1.807, 2.05) is 6.07 Å². The standard InChI is InChI=1S/C12H14N2S/c1-7-3-4-8(2)11-10(7)5-9(6-13)12(15)14-11/h5,7-8H,3-4H2,1-2H3,(H,14,15). The largest absolute Gasteiger partial charge is 0.348 e. The molecule has 1 aromatic heterocycles. The van der Waals surface area contributed by atoms with E-state index in [0.717, 1.165) is 0 Å². The molecular formula is C12H14N2S. The zero-order valence-corrected chi connectivity index (χ0v) is 9.82. The Morgan fingerprint density at radius 1 is 1.40 bits per heavy atom.